The second-order valence-corrected chi connectivity index (χ2v) is 5.93. The molecule has 2 aromatic carbocycles. The van der Waals surface area contributed by atoms with Crippen LogP contribution in [0, 0.1) is 6.92 Å². The molecule has 0 aliphatic heterocycles. The molecule has 1 aliphatic rings. The van der Waals surface area contributed by atoms with E-state index in [0.717, 1.165) is 24.2 Å². The summed E-state index contributed by atoms with van der Waals surface area (Å²) < 4.78 is 5.72. The predicted molar refractivity (Wildman–Crippen MR) is 84.6 cm³/mol. The van der Waals surface area contributed by atoms with Crippen molar-refractivity contribution in [3.63, 3.8) is 0 Å². The monoisotopic (exact) mass is 282 g/mol. The molecule has 0 heterocycles. The molecule has 1 atom stereocenters. The zero-order valence-corrected chi connectivity index (χ0v) is 12.5. The van der Waals surface area contributed by atoms with Crippen molar-refractivity contribution in [3.8, 4) is 5.75 Å². The molecule has 1 N–H and O–H groups in total. The number of benzene rings is 2. The highest BCUT2D eigenvalue weighted by molar-refractivity contribution is 5.29. The van der Waals surface area contributed by atoms with Crippen molar-refractivity contribution in [2.24, 2.45) is 0 Å². The fourth-order valence-corrected chi connectivity index (χ4v) is 2.48. The maximum Gasteiger partial charge on any atom is 0.119 e. The number of hydrogen-bond donors (Lipinski definition) is 1. The van der Waals surface area contributed by atoms with Crippen molar-refractivity contribution in [1.29, 1.82) is 0 Å². The van der Waals surface area contributed by atoms with Gasteiger partial charge in [-0.25, -0.2) is 0 Å². The van der Waals surface area contributed by atoms with Crippen LogP contribution in [0.5, 0.6) is 5.75 Å². The zero-order chi connectivity index (χ0) is 14.7. The van der Waals surface area contributed by atoms with Crippen LogP contribution in [-0.2, 0) is 6.42 Å². The van der Waals surface area contributed by atoms with Crippen LogP contribution in [0.2, 0.25) is 0 Å². The van der Waals surface area contributed by atoms with Crippen molar-refractivity contribution in [3.05, 3.63) is 65.2 Å². The molecule has 21 heavy (non-hydrogen) atoms. The summed E-state index contributed by atoms with van der Waals surface area (Å²) in [6.07, 6.45) is 3.97. The molecular weight excluding hydrogens is 260 g/mol. The van der Waals surface area contributed by atoms with Gasteiger partial charge in [-0.15, -0.1) is 0 Å². The van der Waals surface area contributed by atoms with Gasteiger partial charge < -0.3 is 9.84 Å². The standard InChI is InChI=1S/C19H22O2/c1-14-3-2-4-15(13-14)5-12-19(20)16-6-8-17(9-7-16)21-18-10-11-18/h2-4,6-9,13,18-20H,5,10-12H2,1H3. The lowest BCUT2D eigenvalue weighted by Crippen LogP contribution is -2.01. The zero-order valence-electron chi connectivity index (χ0n) is 12.5. The van der Waals surface area contributed by atoms with Gasteiger partial charge >= 0.3 is 0 Å². The first-order valence-electron chi connectivity index (χ1n) is 7.71. The van der Waals surface area contributed by atoms with Gasteiger partial charge in [-0.2, -0.15) is 0 Å². The van der Waals surface area contributed by atoms with E-state index in [1.165, 1.54) is 24.0 Å². The van der Waals surface area contributed by atoms with Gasteiger partial charge in [0.2, 0.25) is 0 Å². The van der Waals surface area contributed by atoms with Crippen molar-refractivity contribution < 1.29 is 9.84 Å². The Kier molecular flexibility index (Phi) is 4.26. The summed E-state index contributed by atoms with van der Waals surface area (Å²) in [5, 5.41) is 10.3. The molecule has 2 nitrogen and oxygen atoms in total. The molecular formula is C19H22O2. The van der Waals surface area contributed by atoms with Crippen LogP contribution in [-0.4, -0.2) is 11.2 Å². The fraction of sp³-hybridized carbons (Fsp3) is 0.368. The first kappa shape index (κ1) is 14.2. The summed E-state index contributed by atoms with van der Waals surface area (Å²) >= 11 is 0. The maximum atomic E-state index is 10.3. The lowest BCUT2D eigenvalue weighted by Gasteiger charge is -2.12. The average Bonchev–Trinajstić information content (AvgIpc) is 3.30. The highest BCUT2D eigenvalue weighted by atomic mass is 16.5. The number of ether oxygens (including phenoxy) is 1. The number of aliphatic hydroxyl groups is 1. The molecule has 1 saturated carbocycles. The van der Waals surface area contributed by atoms with E-state index in [2.05, 4.69) is 31.2 Å². The van der Waals surface area contributed by atoms with E-state index in [4.69, 9.17) is 4.74 Å². The van der Waals surface area contributed by atoms with E-state index in [9.17, 15) is 5.11 Å². The Hall–Kier alpha value is -1.80. The van der Waals surface area contributed by atoms with Crippen LogP contribution in [0.4, 0.5) is 0 Å². The molecule has 0 radical (unpaired) electrons. The normalized spacial score (nSPS) is 15.7. The third-order valence-electron chi connectivity index (χ3n) is 3.88. The maximum absolute atomic E-state index is 10.3. The van der Waals surface area contributed by atoms with Crippen LogP contribution in [0.1, 0.15) is 42.1 Å². The van der Waals surface area contributed by atoms with Gasteiger partial charge in [-0.05, 0) is 55.9 Å². The molecule has 0 amide bonds. The van der Waals surface area contributed by atoms with E-state index in [1.807, 2.05) is 24.3 Å². The van der Waals surface area contributed by atoms with Gasteiger partial charge in [0.25, 0.3) is 0 Å². The summed E-state index contributed by atoms with van der Waals surface area (Å²) in [7, 11) is 0. The Labute approximate surface area is 126 Å². The van der Waals surface area contributed by atoms with Crippen molar-refractivity contribution in [2.45, 2.75) is 44.8 Å². The Bertz CT molecular complexity index is 585. The molecule has 0 spiro atoms. The number of rotatable bonds is 6. The van der Waals surface area contributed by atoms with Gasteiger partial charge in [0.15, 0.2) is 0 Å². The van der Waals surface area contributed by atoms with E-state index in [-0.39, 0.29) is 0 Å². The van der Waals surface area contributed by atoms with Crippen LogP contribution >= 0.6 is 0 Å². The predicted octanol–water partition coefficient (Wildman–Crippen LogP) is 4.20. The van der Waals surface area contributed by atoms with Crippen LogP contribution in [0.3, 0.4) is 0 Å². The molecule has 0 aromatic heterocycles. The summed E-state index contributed by atoms with van der Waals surface area (Å²) in [5.74, 6) is 0.909. The van der Waals surface area contributed by atoms with Crippen molar-refractivity contribution >= 4 is 0 Å². The summed E-state index contributed by atoms with van der Waals surface area (Å²) in [5.41, 5.74) is 3.51. The van der Waals surface area contributed by atoms with Crippen LogP contribution in [0.25, 0.3) is 0 Å². The fourth-order valence-electron chi connectivity index (χ4n) is 2.48. The molecule has 0 bridgehead atoms. The Morgan fingerprint density at radius 3 is 2.57 bits per heavy atom. The third-order valence-corrected chi connectivity index (χ3v) is 3.88. The van der Waals surface area contributed by atoms with Crippen LogP contribution < -0.4 is 4.74 Å². The number of aryl methyl sites for hydroxylation is 2. The molecule has 3 rings (SSSR count). The lowest BCUT2D eigenvalue weighted by atomic mass is 10.0. The van der Waals surface area contributed by atoms with Gasteiger partial charge in [-0.3, -0.25) is 0 Å². The molecule has 2 heteroatoms. The summed E-state index contributed by atoms with van der Waals surface area (Å²) in [6, 6.07) is 16.3. The second kappa shape index (κ2) is 6.31. The minimum absolute atomic E-state index is 0.416. The molecule has 1 aliphatic carbocycles. The highest BCUT2D eigenvalue weighted by Gasteiger charge is 2.23. The van der Waals surface area contributed by atoms with Crippen molar-refractivity contribution in [1.82, 2.24) is 0 Å². The Balaban J connectivity index is 1.55. The van der Waals surface area contributed by atoms with Gasteiger partial charge in [-0.1, -0.05) is 42.0 Å². The Morgan fingerprint density at radius 1 is 1.14 bits per heavy atom. The lowest BCUT2D eigenvalue weighted by molar-refractivity contribution is 0.167. The summed E-state index contributed by atoms with van der Waals surface area (Å²) in [4.78, 5) is 0. The second-order valence-electron chi connectivity index (χ2n) is 5.93. The number of hydrogen-bond acceptors (Lipinski definition) is 2. The third kappa shape index (κ3) is 4.08. The van der Waals surface area contributed by atoms with Crippen molar-refractivity contribution in [2.75, 3.05) is 0 Å². The van der Waals surface area contributed by atoms with Gasteiger partial charge in [0.05, 0.1) is 12.2 Å². The Morgan fingerprint density at radius 2 is 1.90 bits per heavy atom. The SMILES string of the molecule is Cc1cccc(CCC(O)c2ccc(OC3CC3)cc2)c1. The van der Waals surface area contributed by atoms with E-state index < -0.39 is 6.10 Å². The first-order chi connectivity index (χ1) is 10.2. The first-order valence-corrected chi connectivity index (χ1v) is 7.71. The van der Waals surface area contributed by atoms with Gasteiger partial charge in [0.1, 0.15) is 5.75 Å². The summed E-state index contributed by atoms with van der Waals surface area (Å²) in [6.45, 7) is 2.10. The van der Waals surface area contributed by atoms with E-state index >= 15 is 0 Å². The quantitative estimate of drug-likeness (QED) is 0.860. The van der Waals surface area contributed by atoms with E-state index in [0.29, 0.717) is 6.10 Å². The number of aliphatic hydroxyl groups excluding tert-OH is 1. The van der Waals surface area contributed by atoms with Crippen LogP contribution in [0.15, 0.2) is 48.5 Å². The highest BCUT2D eigenvalue weighted by Crippen LogP contribution is 2.28. The topological polar surface area (TPSA) is 29.5 Å². The molecule has 110 valence electrons. The minimum atomic E-state index is -0.416. The molecule has 1 fully saturated rings. The molecule has 1 unspecified atom stereocenters. The smallest absolute Gasteiger partial charge is 0.119 e. The molecule has 0 saturated heterocycles. The average molecular weight is 282 g/mol. The van der Waals surface area contributed by atoms with E-state index in [1.54, 1.807) is 0 Å². The molecule has 2 aromatic rings. The largest absolute Gasteiger partial charge is 0.490 e. The minimum Gasteiger partial charge on any atom is -0.490 e. The van der Waals surface area contributed by atoms with Gasteiger partial charge in [0, 0.05) is 0 Å².